The van der Waals surface area contributed by atoms with Crippen LogP contribution in [0.4, 0.5) is 5.69 Å². The van der Waals surface area contributed by atoms with E-state index in [0.29, 0.717) is 33.5 Å². The van der Waals surface area contributed by atoms with Crippen LogP contribution < -0.4 is 4.90 Å². The first-order chi connectivity index (χ1) is 18.9. The summed E-state index contributed by atoms with van der Waals surface area (Å²) < 4.78 is 2.80. The number of phenols is 1. The van der Waals surface area contributed by atoms with E-state index in [1.807, 2.05) is 19.2 Å². The molecule has 1 heterocycles. The van der Waals surface area contributed by atoms with Gasteiger partial charge in [-0.05, 0) is 118 Å². The fourth-order valence-electron chi connectivity index (χ4n) is 6.59. The third kappa shape index (κ3) is 6.21. The lowest BCUT2D eigenvalue weighted by molar-refractivity contribution is -0.123. The highest BCUT2D eigenvalue weighted by Gasteiger charge is 2.32. The molecule has 0 bridgehead atoms. The number of phenolic OH excluding ortho intramolecular Hbond substituents is 1. The molecule has 0 spiro atoms. The van der Waals surface area contributed by atoms with Gasteiger partial charge in [0.05, 0.1) is 12.2 Å². The summed E-state index contributed by atoms with van der Waals surface area (Å²) in [5, 5.41) is 14.5. The Morgan fingerprint density at radius 1 is 0.974 bits per heavy atom. The number of amides is 1. The van der Waals surface area contributed by atoms with Crippen molar-refractivity contribution in [2.75, 3.05) is 11.4 Å². The minimum Gasteiger partial charge on any atom is -0.508 e. The average molecular weight is 638 g/mol. The van der Waals surface area contributed by atoms with Crippen molar-refractivity contribution in [3.63, 3.8) is 0 Å². The summed E-state index contributed by atoms with van der Waals surface area (Å²) in [6.07, 6.45) is 15.4. The molecule has 0 unspecified atom stereocenters. The zero-order chi connectivity index (χ0) is 26.9. The number of anilines is 1. The highest BCUT2D eigenvalue weighted by Crippen LogP contribution is 2.40. The van der Waals surface area contributed by atoms with Crippen LogP contribution in [0.1, 0.15) is 87.3 Å². The number of benzene rings is 2. The maximum absolute atomic E-state index is 14.1. The number of hydrogen-bond acceptors (Lipinski definition) is 3. The lowest BCUT2D eigenvalue weighted by atomic mass is 9.78. The van der Waals surface area contributed by atoms with E-state index in [2.05, 4.69) is 79.9 Å². The summed E-state index contributed by atoms with van der Waals surface area (Å²) in [4.78, 5) is 16.2. The van der Waals surface area contributed by atoms with E-state index in [1.165, 1.54) is 18.4 Å². The van der Waals surface area contributed by atoms with Crippen LogP contribution in [0.25, 0.3) is 11.1 Å². The van der Waals surface area contributed by atoms with Gasteiger partial charge in [0.15, 0.2) is 0 Å². The third-order valence-electron chi connectivity index (χ3n) is 9.27. The van der Waals surface area contributed by atoms with Crippen molar-refractivity contribution in [3.05, 3.63) is 66.0 Å². The van der Waals surface area contributed by atoms with Gasteiger partial charge in [-0.25, -0.2) is 0 Å². The van der Waals surface area contributed by atoms with E-state index in [1.54, 1.807) is 0 Å². The van der Waals surface area contributed by atoms with Gasteiger partial charge < -0.3 is 10.0 Å². The molecular weight excluding hydrogens is 597 g/mol. The minimum atomic E-state index is 0.133. The Labute approximate surface area is 246 Å². The Morgan fingerprint density at radius 2 is 1.74 bits per heavy atom. The molecule has 0 atom stereocenters. The minimum absolute atomic E-state index is 0.133. The fourth-order valence-corrected chi connectivity index (χ4v) is 7.31. The molecule has 3 aliphatic carbocycles. The topological polar surface area (TPSA) is 58.4 Å². The van der Waals surface area contributed by atoms with Gasteiger partial charge in [0.25, 0.3) is 0 Å². The predicted molar refractivity (Wildman–Crippen MR) is 166 cm³/mol. The van der Waals surface area contributed by atoms with Crippen LogP contribution in [0, 0.1) is 18.8 Å². The first-order valence-corrected chi connectivity index (χ1v) is 16.1. The molecule has 2 aromatic carbocycles. The average Bonchev–Trinajstić information content (AvgIpc) is 3.69. The van der Waals surface area contributed by atoms with Crippen molar-refractivity contribution in [1.29, 1.82) is 0 Å². The Kier molecular flexibility index (Phi) is 8.01. The van der Waals surface area contributed by atoms with E-state index in [4.69, 9.17) is 0 Å². The molecule has 1 aromatic heterocycles. The maximum atomic E-state index is 14.1. The molecular formula is C33H40IN3O2. The van der Waals surface area contributed by atoms with Gasteiger partial charge in [0.1, 0.15) is 5.75 Å². The molecule has 0 radical (unpaired) electrons. The molecule has 3 aromatic rings. The molecule has 6 heteroatoms. The molecule has 206 valence electrons. The van der Waals surface area contributed by atoms with Gasteiger partial charge >= 0.3 is 0 Å². The monoisotopic (exact) mass is 637 g/mol. The molecule has 39 heavy (non-hydrogen) atoms. The zero-order valence-corrected chi connectivity index (χ0v) is 25.1. The number of aromatic nitrogens is 2. The van der Waals surface area contributed by atoms with E-state index in [-0.39, 0.29) is 5.92 Å². The van der Waals surface area contributed by atoms with Crippen LogP contribution >= 0.6 is 22.6 Å². The molecule has 1 amide bonds. The first-order valence-electron chi connectivity index (χ1n) is 14.8. The largest absolute Gasteiger partial charge is 0.508 e. The summed E-state index contributed by atoms with van der Waals surface area (Å²) in [6.45, 7) is 2.78. The molecule has 3 aliphatic rings. The third-order valence-corrected chi connectivity index (χ3v) is 10.5. The van der Waals surface area contributed by atoms with Crippen molar-refractivity contribution in [3.8, 4) is 16.9 Å². The Bertz CT molecular complexity index is 1300. The number of aryl methyl sites for hydroxylation is 1. The number of carbonyl (C=O) groups is 1. The van der Waals surface area contributed by atoms with E-state index in [0.717, 1.165) is 80.3 Å². The van der Waals surface area contributed by atoms with Gasteiger partial charge in [0, 0.05) is 33.8 Å². The van der Waals surface area contributed by atoms with Gasteiger partial charge in [0.2, 0.25) is 5.91 Å². The highest BCUT2D eigenvalue weighted by molar-refractivity contribution is 14.1. The fraction of sp³-hybridized carbons (Fsp3) is 0.515. The summed E-state index contributed by atoms with van der Waals surface area (Å²) >= 11 is 2.55. The summed E-state index contributed by atoms with van der Waals surface area (Å²) in [5.74, 6) is 1.87. The van der Waals surface area contributed by atoms with Gasteiger partial charge in [-0.3, -0.25) is 9.48 Å². The van der Waals surface area contributed by atoms with Crippen LogP contribution in [0.15, 0.2) is 54.9 Å². The maximum Gasteiger partial charge on any atom is 0.230 e. The lowest BCUT2D eigenvalue weighted by Gasteiger charge is -2.36. The summed E-state index contributed by atoms with van der Waals surface area (Å²) in [6, 6.07) is 15.2. The van der Waals surface area contributed by atoms with Crippen LogP contribution in [-0.2, 0) is 4.79 Å². The molecule has 3 fully saturated rings. The second-order valence-electron chi connectivity index (χ2n) is 12.2. The number of aromatic hydroxyl groups is 1. The van der Waals surface area contributed by atoms with Crippen LogP contribution in [0.2, 0.25) is 0 Å². The quantitative estimate of drug-likeness (QED) is 0.210. The normalized spacial score (nSPS) is 25.4. The van der Waals surface area contributed by atoms with Gasteiger partial charge in [-0.2, -0.15) is 5.10 Å². The first kappa shape index (κ1) is 26.9. The van der Waals surface area contributed by atoms with Gasteiger partial charge in [-0.15, -0.1) is 0 Å². The molecule has 5 nitrogen and oxygen atoms in total. The number of nitrogens with zero attached hydrogens (tertiary/aromatic N) is 3. The van der Waals surface area contributed by atoms with Crippen molar-refractivity contribution in [2.24, 2.45) is 11.8 Å². The van der Waals surface area contributed by atoms with Gasteiger partial charge in [-0.1, -0.05) is 46.9 Å². The van der Waals surface area contributed by atoms with Crippen molar-refractivity contribution >= 4 is 34.2 Å². The number of carbonyl (C=O) groups excluding carboxylic acids is 1. The zero-order valence-electron chi connectivity index (χ0n) is 22.9. The second kappa shape index (κ2) is 11.6. The Balaban J connectivity index is 1.20. The lowest BCUT2D eigenvalue weighted by Crippen LogP contribution is -2.41. The van der Waals surface area contributed by atoms with Crippen LogP contribution in [0.5, 0.6) is 5.75 Å². The number of hydrogen-bond donors (Lipinski definition) is 1. The Hall–Kier alpha value is -2.35. The van der Waals surface area contributed by atoms with Crippen LogP contribution in [-0.4, -0.2) is 31.3 Å². The number of halogens is 1. The highest BCUT2D eigenvalue weighted by atomic mass is 127. The van der Waals surface area contributed by atoms with Crippen molar-refractivity contribution in [2.45, 2.75) is 87.0 Å². The van der Waals surface area contributed by atoms with Crippen LogP contribution in [0.3, 0.4) is 0 Å². The van der Waals surface area contributed by atoms with E-state index >= 15 is 0 Å². The number of rotatable bonds is 7. The Morgan fingerprint density at radius 3 is 2.46 bits per heavy atom. The van der Waals surface area contributed by atoms with Crippen molar-refractivity contribution in [1.82, 2.24) is 9.78 Å². The van der Waals surface area contributed by atoms with Crippen molar-refractivity contribution < 1.29 is 9.90 Å². The molecule has 0 aliphatic heterocycles. The molecule has 6 rings (SSSR count). The van der Waals surface area contributed by atoms with E-state index < -0.39 is 0 Å². The SMILES string of the molecule is Cc1cc([C@H]2CC[C@H](CN(C(=O)C3CCC(I)CC3)c3cccc(-c4cnn(C5CC5)c4)c3)CC2)ccc1O. The number of alkyl halides is 1. The predicted octanol–water partition coefficient (Wildman–Crippen LogP) is 8.20. The molecule has 0 saturated heterocycles. The molecule has 3 saturated carbocycles. The standard InChI is InChI=1S/C33H40IN3O2/c1-22-17-27(11-16-32(22)38)24-7-5-23(6-8-24)20-36(33(39)25-9-12-29(34)13-10-25)31-4-2-3-26(18-31)28-19-35-37(21-28)30-14-15-30/h2-4,11,16-19,21,23-25,29-30,38H,5-10,12-15,20H2,1H3/t23-,24-,25?,29?. The second-order valence-corrected chi connectivity index (χ2v) is 13.9. The van der Waals surface area contributed by atoms with E-state index in [9.17, 15) is 9.90 Å². The summed E-state index contributed by atoms with van der Waals surface area (Å²) in [7, 11) is 0. The smallest absolute Gasteiger partial charge is 0.230 e. The molecule has 1 N–H and O–H groups in total. The summed E-state index contributed by atoms with van der Waals surface area (Å²) in [5.41, 5.74) is 5.59.